The van der Waals surface area contributed by atoms with Gasteiger partial charge in [0.2, 0.25) is 0 Å². The van der Waals surface area contributed by atoms with Gasteiger partial charge in [0.1, 0.15) is 0 Å². The highest BCUT2D eigenvalue weighted by Crippen LogP contribution is 2.42. The molecule has 0 radical (unpaired) electrons. The highest BCUT2D eigenvalue weighted by Gasteiger charge is 2.35. The lowest BCUT2D eigenvalue weighted by Gasteiger charge is -2.41. The predicted octanol–water partition coefficient (Wildman–Crippen LogP) is 0.758. The van der Waals surface area contributed by atoms with Gasteiger partial charge in [0.25, 0.3) is 0 Å². The molecule has 1 rings (SSSR count). The molecule has 0 heterocycles. The van der Waals surface area contributed by atoms with Crippen LogP contribution in [-0.4, -0.2) is 25.3 Å². The van der Waals surface area contributed by atoms with Crippen molar-refractivity contribution in [3.63, 3.8) is 0 Å². The normalized spacial score (nSPS) is 22.2. The lowest BCUT2D eigenvalue weighted by molar-refractivity contribution is 0.0887. The topological polar surface area (TPSA) is 32.3 Å². The van der Waals surface area contributed by atoms with Crippen molar-refractivity contribution in [1.29, 1.82) is 0 Å². The molecule has 0 aromatic carbocycles. The summed E-state index contributed by atoms with van der Waals surface area (Å²) in [5.41, 5.74) is 0.462. The number of rotatable bonds is 4. The molecule has 0 aliphatic heterocycles. The van der Waals surface area contributed by atoms with Gasteiger partial charge in [-0.3, -0.25) is 0 Å². The summed E-state index contributed by atoms with van der Waals surface area (Å²) < 4.78 is 0. The molecule has 2 nitrogen and oxygen atoms in total. The van der Waals surface area contributed by atoms with E-state index < -0.39 is 0 Å². The Morgan fingerprint density at radius 1 is 1.50 bits per heavy atom. The fraction of sp³-hybridized carbons (Fsp3) is 1.00. The third kappa shape index (κ3) is 1.50. The Morgan fingerprint density at radius 2 is 2.20 bits per heavy atom. The van der Waals surface area contributed by atoms with Crippen LogP contribution in [0.1, 0.15) is 25.7 Å². The van der Waals surface area contributed by atoms with Crippen molar-refractivity contribution < 1.29 is 5.11 Å². The molecule has 0 aromatic heterocycles. The van der Waals surface area contributed by atoms with Gasteiger partial charge in [0.05, 0.1) is 0 Å². The van der Waals surface area contributed by atoms with E-state index in [4.69, 9.17) is 5.11 Å². The van der Waals surface area contributed by atoms with Crippen molar-refractivity contribution in [1.82, 2.24) is 5.32 Å². The minimum Gasteiger partial charge on any atom is -0.396 e. The van der Waals surface area contributed by atoms with Gasteiger partial charge in [0, 0.05) is 13.2 Å². The summed E-state index contributed by atoms with van der Waals surface area (Å²) in [6.07, 6.45) is 4.93. The molecule has 0 aromatic rings. The fourth-order valence-corrected chi connectivity index (χ4v) is 1.80. The minimum absolute atomic E-state index is 0.349. The van der Waals surface area contributed by atoms with Gasteiger partial charge in [-0.05, 0) is 31.7 Å². The van der Waals surface area contributed by atoms with Crippen LogP contribution in [-0.2, 0) is 0 Å². The highest BCUT2D eigenvalue weighted by atomic mass is 16.3. The van der Waals surface area contributed by atoms with Crippen LogP contribution in [0.25, 0.3) is 0 Å². The maximum absolute atomic E-state index is 8.77. The van der Waals surface area contributed by atoms with Gasteiger partial charge in [-0.25, -0.2) is 0 Å². The second kappa shape index (κ2) is 3.35. The Kier molecular flexibility index (Phi) is 2.69. The Hall–Kier alpha value is -0.0800. The van der Waals surface area contributed by atoms with Gasteiger partial charge in [0.15, 0.2) is 0 Å². The molecule has 0 amide bonds. The molecular formula is C8H17NO. The van der Waals surface area contributed by atoms with Gasteiger partial charge in [-0.15, -0.1) is 0 Å². The second-order valence-corrected chi connectivity index (χ2v) is 3.36. The zero-order chi connectivity index (χ0) is 7.45. The quantitative estimate of drug-likeness (QED) is 0.609. The average molecular weight is 143 g/mol. The summed E-state index contributed by atoms with van der Waals surface area (Å²) >= 11 is 0. The van der Waals surface area contributed by atoms with Gasteiger partial charge >= 0.3 is 0 Å². The van der Waals surface area contributed by atoms with E-state index in [0.29, 0.717) is 12.0 Å². The van der Waals surface area contributed by atoms with Crippen molar-refractivity contribution >= 4 is 0 Å². The van der Waals surface area contributed by atoms with Crippen molar-refractivity contribution in [2.45, 2.75) is 25.7 Å². The van der Waals surface area contributed by atoms with Gasteiger partial charge in [-0.1, -0.05) is 6.42 Å². The summed E-state index contributed by atoms with van der Waals surface area (Å²) in [6.45, 7) is 1.43. The molecule has 60 valence electrons. The van der Waals surface area contributed by atoms with Crippen molar-refractivity contribution in [3.05, 3.63) is 0 Å². The molecule has 2 N–H and O–H groups in total. The maximum Gasteiger partial charge on any atom is 0.0436 e. The first kappa shape index (κ1) is 8.02. The number of hydrogen-bond donors (Lipinski definition) is 2. The third-order valence-corrected chi connectivity index (χ3v) is 2.61. The molecule has 0 bridgehead atoms. The standard InChI is InChI=1S/C8H17NO/c1-9-7-8(5-6-10)3-2-4-8/h9-10H,2-7H2,1H3. The van der Waals surface area contributed by atoms with E-state index in [9.17, 15) is 0 Å². The molecule has 1 saturated carbocycles. The molecular weight excluding hydrogens is 126 g/mol. The average Bonchev–Trinajstić information content (AvgIpc) is 1.84. The number of aliphatic hydroxyl groups is 1. The fourth-order valence-electron chi connectivity index (χ4n) is 1.80. The largest absolute Gasteiger partial charge is 0.396 e. The summed E-state index contributed by atoms with van der Waals surface area (Å²) in [7, 11) is 1.98. The van der Waals surface area contributed by atoms with Crippen LogP contribution in [0.15, 0.2) is 0 Å². The Labute approximate surface area is 62.6 Å². The van der Waals surface area contributed by atoms with E-state index >= 15 is 0 Å². The monoisotopic (exact) mass is 143 g/mol. The zero-order valence-electron chi connectivity index (χ0n) is 6.69. The van der Waals surface area contributed by atoms with Gasteiger partial charge < -0.3 is 10.4 Å². The van der Waals surface area contributed by atoms with E-state index in [1.54, 1.807) is 0 Å². The number of nitrogens with one attached hydrogen (secondary N) is 1. The molecule has 0 atom stereocenters. The second-order valence-electron chi connectivity index (χ2n) is 3.36. The van der Waals surface area contributed by atoms with E-state index in [1.807, 2.05) is 7.05 Å². The molecule has 0 spiro atoms. The molecule has 10 heavy (non-hydrogen) atoms. The molecule has 0 saturated heterocycles. The van der Waals surface area contributed by atoms with E-state index in [2.05, 4.69) is 5.32 Å². The van der Waals surface area contributed by atoms with E-state index in [1.165, 1.54) is 19.3 Å². The molecule has 0 unspecified atom stereocenters. The lowest BCUT2D eigenvalue weighted by Crippen LogP contribution is -2.39. The first-order chi connectivity index (χ1) is 4.83. The summed E-state index contributed by atoms with van der Waals surface area (Å²) in [4.78, 5) is 0. The summed E-state index contributed by atoms with van der Waals surface area (Å²) in [5, 5.41) is 11.9. The van der Waals surface area contributed by atoms with E-state index in [-0.39, 0.29) is 0 Å². The smallest absolute Gasteiger partial charge is 0.0436 e. The third-order valence-electron chi connectivity index (χ3n) is 2.61. The van der Waals surface area contributed by atoms with Crippen LogP contribution in [0.4, 0.5) is 0 Å². The summed E-state index contributed by atoms with van der Waals surface area (Å²) in [5.74, 6) is 0. The van der Waals surface area contributed by atoms with Crippen LogP contribution in [0.5, 0.6) is 0 Å². The molecule has 1 aliphatic rings. The van der Waals surface area contributed by atoms with Crippen molar-refractivity contribution in [3.8, 4) is 0 Å². The van der Waals surface area contributed by atoms with E-state index in [0.717, 1.165) is 13.0 Å². The van der Waals surface area contributed by atoms with Crippen LogP contribution in [0, 0.1) is 5.41 Å². The number of hydrogen-bond acceptors (Lipinski definition) is 2. The Balaban J connectivity index is 2.27. The summed E-state index contributed by atoms with van der Waals surface area (Å²) in [6, 6.07) is 0. The first-order valence-electron chi connectivity index (χ1n) is 4.08. The maximum atomic E-state index is 8.77. The SMILES string of the molecule is CNCC1(CCO)CCC1. The molecule has 2 heteroatoms. The minimum atomic E-state index is 0.349. The highest BCUT2D eigenvalue weighted by molar-refractivity contribution is 4.88. The predicted molar refractivity (Wildman–Crippen MR) is 41.9 cm³/mol. The first-order valence-corrected chi connectivity index (χ1v) is 4.08. The zero-order valence-corrected chi connectivity index (χ0v) is 6.69. The van der Waals surface area contributed by atoms with Crippen LogP contribution in [0.3, 0.4) is 0 Å². The van der Waals surface area contributed by atoms with Gasteiger partial charge in [-0.2, -0.15) is 0 Å². The lowest BCUT2D eigenvalue weighted by atomic mass is 9.67. The Morgan fingerprint density at radius 3 is 2.50 bits per heavy atom. The molecule has 1 fully saturated rings. The van der Waals surface area contributed by atoms with Crippen LogP contribution in [0.2, 0.25) is 0 Å². The molecule has 1 aliphatic carbocycles. The van der Waals surface area contributed by atoms with Crippen molar-refractivity contribution in [2.75, 3.05) is 20.2 Å². The number of aliphatic hydroxyl groups excluding tert-OH is 1. The van der Waals surface area contributed by atoms with Crippen LogP contribution >= 0.6 is 0 Å². The van der Waals surface area contributed by atoms with Crippen LogP contribution < -0.4 is 5.32 Å². The van der Waals surface area contributed by atoms with Crippen molar-refractivity contribution in [2.24, 2.45) is 5.41 Å². The Bertz CT molecular complexity index is 91.4.